The fourth-order valence-electron chi connectivity index (χ4n) is 5.96. The topological polar surface area (TPSA) is 76.6 Å². The highest BCUT2D eigenvalue weighted by Crippen LogP contribution is 2.35. The average Bonchev–Trinajstić information content (AvgIpc) is 3.33. The van der Waals surface area contributed by atoms with Crippen molar-refractivity contribution in [3.8, 4) is 0 Å². The predicted octanol–water partition coefficient (Wildman–Crippen LogP) is 5.06. The van der Waals surface area contributed by atoms with Crippen molar-refractivity contribution < 1.29 is 14.7 Å². The zero-order valence-corrected chi connectivity index (χ0v) is 20.9. The third kappa shape index (κ3) is 5.24. The summed E-state index contributed by atoms with van der Waals surface area (Å²) in [6, 6.07) is 16.0. The molecule has 6 heteroatoms. The first kappa shape index (κ1) is 24.3. The smallest absolute Gasteiger partial charge is 0.321 e. The van der Waals surface area contributed by atoms with Gasteiger partial charge in [0.05, 0.1) is 0 Å². The van der Waals surface area contributed by atoms with Crippen LogP contribution in [0.1, 0.15) is 48.3 Å². The van der Waals surface area contributed by atoms with E-state index >= 15 is 0 Å². The fraction of sp³-hybridized carbons (Fsp3) is 0.400. The maximum Gasteiger partial charge on any atom is 0.321 e. The summed E-state index contributed by atoms with van der Waals surface area (Å²) in [6.07, 6.45) is 8.99. The van der Waals surface area contributed by atoms with Gasteiger partial charge in [-0.2, -0.15) is 0 Å². The summed E-state index contributed by atoms with van der Waals surface area (Å²) in [4.78, 5) is 32.4. The molecule has 2 aliphatic rings. The van der Waals surface area contributed by atoms with E-state index in [-0.39, 0.29) is 11.8 Å². The molecular formula is C30H35N3O3. The van der Waals surface area contributed by atoms with Gasteiger partial charge in [-0.3, -0.25) is 14.5 Å². The number of aromatic amines is 1. The molecule has 1 atom stereocenters. The SMILES string of the molecule is Cc1ccc(/C=C/C(=O)N2CCC(C(C(=O)O)N3CCC(c4c[nH]c5ccccc45)CC3)CC2)cc1. The Kier molecular flexibility index (Phi) is 7.23. The van der Waals surface area contributed by atoms with Crippen molar-refractivity contribution in [2.24, 2.45) is 5.92 Å². The summed E-state index contributed by atoms with van der Waals surface area (Å²) in [7, 11) is 0. The Morgan fingerprint density at radius 3 is 2.36 bits per heavy atom. The number of carbonyl (C=O) groups is 2. The number of aromatic nitrogens is 1. The van der Waals surface area contributed by atoms with Gasteiger partial charge in [0, 0.05) is 36.3 Å². The van der Waals surface area contributed by atoms with Gasteiger partial charge in [0.15, 0.2) is 0 Å². The van der Waals surface area contributed by atoms with Crippen molar-refractivity contribution in [2.75, 3.05) is 26.2 Å². The molecule has 188 valence electrons. The van der Waals surface area contributed by atoms with Crippen molar-refractivity contribution in [3.05, 3.63) is 77.5 Å². The summed E-state index contributed by atoms with van der Waals surface area (Å²) in [5, 5.41) is 11.4. The average molecular weight is 486 g/mol. The van der Waals surface area contributed by atoms with Crippen LogP contribution < -0.4 is 0 Å². The van der Waals surface area contributed by atoms with E-state index < -0.39 is 12.0 Å². The molecule has 5 rings (SSSR count). The number of likely N-dealkylation sites (tertiary alicyclic amines) is 2. The summed E-state index contributed by atoms with van der Waals surface area (Å²) in [6.45, 7) is 4.84. The molecule has 0 spiro atoms. The van der Waals surface area contributed by atoms with Crippen LogP contribution in [0, 0.1) is 12.8 Å². The van der Waals surface area contributed by atoms with Crippen LogP contribution >= 0.6 is 0 Å². The third-order valence-electron chi connectivity index (χ3n) is 8.03. The van der Waals surface area contributed by atoms with Gasteiger partial charge in [-0.05, 0) is 80.8 Å². The van der Waals surface area contributed by atoms with Crippen LogP contribution in [0.4, 0.5) is 0 Å². The normalized spacial score (nSPS) is 19.2. The van der Waals surface area contributed by atoms with Crippen molar-refractivity contribution in [1.82, 2.24) is 14.8 Å². The van der Waals surface area contributed by atoms with Crippen molar-refractivity contribution >= 4 is 28.9 Å². The maximum atomic E-state index is 12.7. The molecule has 1 amide bonds. The van der Waals surface area contributed by atoms with Gasteiger partial charge < -0.3 is 15.0 Å². The lowest BCUT2D eigenvalue weighted by Crippen LogP contribution is -2.52. The molecule has 2 fully saturated rings. The molecular weight excluding hydrogens is 450 g/mol. The number of rotatable bonds is 6. The number of aryl methyl sites for hydroxylation is 1. The van der Waals surface area contributed by atoms with E-state index in [1.807, 2.05) is 48.2 Å². The number of nitrogens with one attached hydrogen (secondary N) is 1. The van der Waals surface area contributed by atoms with Gasteiger partial charge >= 0.3 is 5.97 Å². The summed E-state index contributed by atoms with van der Waals surface area (Å²) in [5.74, 6) is -0.214. The quantitative estimate of drug-likeness (QED) is 0.479. The van der Waals surface area contributed by atoms with Gasteiger partial charge in [-0.15, -0.1) is 0 Å². The van der Waals surface area contributed by atoms with Crippen LogP contribution in [0.5, 0.6) is 0 Å². The molecule has 0 bridgehead atoms. The van der Waals surface area contributed by atoms with E-state index in [0.29, 0.717) is 19.0 Å². The molecule has 2 N–H and O–H groups in total. The van der Waals surface area contributed by atoms with Crippen LogP contribution in [0.15, 0.2) is 60.8 Å². The molecule has 3 heterocycles. The first-order valence-electron chi connectivity index (χ1n) is 13.1. The summed E-state index contributed by atoms with van der Waals surface area (Å²) >= 11 is 0. The maximum absolute atomic E-state index is 12.7. The highest BCUT2D eigenvalue weighted by Gasteiger charge is 2.38. The first-order valence-corrected chi connectivity index (χ1v) is 13.1. The molecule has 36 heavy (non-hydrogen) atoms. The number of carboxylic acids is 1. The van der Waals surface area contributed by atoms with Gasteiger partial charge in [0.2, 0.25) is 5.91 Å². The number of carbonyl (C=O) groups excluding carboxylic acids is 1. The minimum absolute atomic E-state index is 0.000411. The van der Waals surface area contributed by atoms with E-state index in [0.717, 1.165) is 49.9 Å². The van der Waals surface area contributed by atoms with Gasteiger partial charge in [-0.25, -0.2) is 0 Å². The highest BCUT2D eigenvalue weighted by molar-refractivity contribution is 5.91. The number of amides is 1. The van der Waals surface area contributed by atoms with Gasteiger partial charge in [0.25, 0.3) is 0 Å². The van der Waals surface area contributed by atoms with Gasteiger partial charge in [-0.1, -0.05) is 48.0 Å². The monoisotopic (exact) mass is 485 g/mol. The lowest BCUT2D eigenvalue weighted by Gasteiger charge is -2.41. The molecule has 2 aliphatic heterocycles. The highest BCUT2D eigenvalue weighted by atomic mass is 16.4. The van der Waals surface area contributed by atoms with Crippen molar-refractivity contribution in [2.45, 2.75) is 44.6 Å². The van der Waals surface area contributed by atoms with Crippen LogP contribution in [-0.4, -0.2) is 64.0 Å². The Balaban J connectivity index is 1.16. The summed E-state index contributed by atoms with van der Waals surface area (Å²) in [5.41, 5.74) is 4.71. The molecule has 1 unspecified atom stereocenters. The number of carboxylic acid groups (broad SMARTS) is 1. The van der Waals surface area contributed by atoms with Crippen LogP contribution in [0.3, 0.4) is 0 Å². The fourth-order valence-corrected chi connectivity index (χ4v) is 5.96. The molecule has 6 nitrogen and oxygen atoms in total. The molecule has 2 aromatic carbocycles. The van der Waals surface area contributed by atoms with E-state index in [1.165, 1.54) is 16.5 Å². The number of nitrogens with zero attached hydrogens (tertiary/aromatic N) is 2. The predicted molar refractivity (Wildman–Crippen MR) is 143 cm³/mol. The van der Waals surface area contributed by atoms with E-state index in [4.69, 9.17) is 0 Å². The van der Waals surface area contributed by atoms with Crippen LogP contribution in [-0.2, 0) is 9.59 Å². The number of piperidine rings is 2. The molecule has 2 saturated heterocycles. The number of para-hydroxylation sites is 1. The largest absolute Gasteiger partial charge is 0.480 e. The minimum atomic E-state index is -0.732. The molecule has 0 aliphatic carbocycles. The number of H-pyrrole nitrogens is 1. The van der Waals surface area contributed by atoms with Crippen LogP contribution in [0.2, 0.25) is 0 Å². The van der Waals surface area contributed by atoms with E-state index in [2.05, 4.69) is 34.3 Å². The first-order chi connectivity index (χ1) is 17.5. The number of aliphatic carboxylic acids is 1. The molecule has 0 saturated carbocycles. The Bertz CT molecular complexity index is 1230. The lowest BCUT2D eigenvalue weighted by molar-refractivity contribution is -0.147. The Morgan fingerprint density at radius 2 is 1.67 bits per heavy atom. The number of fused-ring (bicyclic) bond motifs is 1. The minimum Gasteiger partial charge on any atom is -0.480 e. The number of benzene rings is 2. The standard InChI is InChI=1S/C30H35N3O3/c1-21-6-8-22(9-7-21)10-11-28(34)32-16-14-24(15-17-32)29(30(35)36)33-18-12-23(13-19-33)26-20-31-27-5-3-2-4-25(26)27/h2-11,20,23-24,29,31H,12-19H2,1H3,(H,35,36)/b11-10+. The number of hydrogen-bond donors (Lipinski definition) is 2. The summed E-state index contributed by atoms with van der Waals surface area (Å²) < 4.78 is 0. The molecule has 0 radical (unpaired) electrons. The molecule has 1 aromatic heterocycles. The van der Waals surface area contributed by atoms with E-state index in [1.54, 1.807) is 6.08 Å². The second-order valence-electron chi connectivity index (χ2n) is 10.3. The van der Waals surface area contributed by atoms with Gasteiger partial charge in [0.1, 0.15) is 6.04 Å². The van der Waals surface area contributed by atoms with Crippen LogP contribution in [0.25, 0.3) is 17.0 Å². The zero-order chi connectivity index (χ0) is 25.1. The second-order valence-corrected chi connectivity index (χ2v) is 10.3. The van der Waals surface area contributed by atoms with Crippen molar-refractivity contribution in [3.63, 3.8) is 0 Å². The Labute approximate surface area is 212 Å². The second kappa shape index (κ2) is 10.7. The van der Waals surface area contributed by atoms with Crippen molar-refractivity contribution in [1.29, 1.82) is 0 Å². The zero-order valence-electron chi connectivity index (χ0n) is 20.9. The Hall–Kier alpha value is -3.38. The number of hydrogen-bond acceptors (Lipinski definition) is 3. The third-order valence-corrected chi connectivity index (χ3v) is 8.03. The lowest BCUT2D eigenvalue weighted by atomic mass is 9.84. The molecule has 3 aromatic rings. The van der Waals surface area contributed by atoms with E-state index in [9.17, 15) is 14.7 Å². The Morgan fingerprint density at radius 1 is 0.972 bits per heavy atom.